The fourth-order valence-electron chi connectivity index (χ4n) is 3.44. The summed E-state index contributed by atoms with van der Waals surface area (Å²) < 4.78 is 13.0. The van der Waals surface area contributed by atoms with Crippen molar-refractivity contribution in [3.63, 3.8) is 0 Å². The molecule has 0 bridgehead atoms. The molecule has 2 amide bonds. The molecule has 0 saturated heterocycles. The van der Waals surface area contributed by atoms with Crippen molar-refractivity contribution in [1.29, 1.82) is 0 Å². The first-order chi connectivity index (χ1) is 17.5. The van der Waals surface area contributed by atoms with Crippen LogP contribution in [0.25, 0.3) is 17.4 Å². The number of aromatic nitrogens is 2. The SMILES string of the molecule is COc1ccc(C(=O)NC(=Cc2ccc(-c3cccc(Cl)c3)o2)C(=O)NCCCn2ccnc2)cc1. The maximum atomic E-state index is 13.0. The van der Waals surface area contributed by atoms with Crippen molar-refractivity contribution in [2.24, 2.45) is 0 Å². The van der Waals surface area contributed by atoms with Crippen LogP contribution in [0.4, 0.5) is 0 Å². The topological polar surface area (TPSA) is 98.4 Å². The first-order valence-corrected chi connectivity index (χ1v) is 11.7. The van der Waals surface area contributed by atoms with Gasteiger partial charge in [0.15, 0.2) is 0 Å². The number of ether oxygens (including phenoxy) is 1. The lowest BCUT2D eigenvalue weighted by molar-refractivity contribution is -0.117. The molecule has 2 aromatic heterocycles. The predicted octanol–water partition coefficient (Wildman–Crippen LogP) is 4.78. The van der Waals surface area contributed by atoms with Crippen LogP contribution in [0.2, 0.25) is 5.02 Å². The summed E-state index contributed by atoms with van der Waals surface area (Å²) in [6.45, 7) is 1.12. The molecular weight excluding hydrogens is 480 g/mol. The Morgan fingerprint density at radius 3 is 2.69 bits per heavy atom. The highest BCUT2D eigenvalue weighted by Gasteiger charge is 2.16. The molecule has 0 aliphatic carbocycles. The Labute approximate surface area is 213 Å². The molecule has 9 heteroatoms. The molecule has 0 atom stereocenters. The fraction of sp³-hybridized carbons (Fsp3) is 0.148. The molecule has 2 N–H and O–H groups in total. The summed E-state index contributed by atoms with van der Waals surface area (Å²) >= 11 is 6.09. The number of nitrogens with zero attached hydrogens (tertiary/aromatic N) is 2. The molecule has 0 aliphatic heterocycles. The van der Waals surface area contributed by atoms with Crippen LogP contribution in [0, 0.1) is 0 Å². The van der Waals surface area contributed by atoms with E-state index in [1.54, 1.807) is 68.2 Å². The van der Waals surface area contributed by atoms with Gasteiger partial charge < -0.3 is 24.4 Å². The first-order valence-electron chi connectivity index (χ1n) is 11.3. The monoisotopic (exact) mass is 504 g/mol. The second-order valence-electron chi connectivity index (χ2n) is 7.86. The highest BCUT2D eigenvalue weighted by molar-refractivity contribution is 6.30. The third-order valence-corrected chi connectivity index (χ3v) is 5.54. The molecule has 4 rings (SSSR count). The Hall–Kier alpha value is -4.30. The number of carbonyl (C=O) groups is 2. The molecule has 0 aliphatic rings. The maximum Gasteiger partial charge on any atom is 0.267 e. The number of amides is 2. The average Bonchev–Trinajstić information content (AvgIpc) is 3.58. The Morgan fingerprint density at radius 1 is 1.14 bits per heavy atom. The Bertz CT molecular complexity index is 1340. The standard InChI is InChI=1S/C27H25ClN4O4/c1-35-22-8-6-19(7-9-22)26(33)31-24(27(34)30-12-3-14-32-15-13-29-18-32)17-23-10-11-25(36-23)20-4-2-5-21(28)16-20/h2,4-11,13,15-18H,3,12,14H2,1H3,(H,30,34)(H,31,33). The van der Waals surface area contributed by atoms with E-state index in [0.29, 0.717) is 47.4 Å². The van der Waals surface area contributed by atoms with Gasteiger partial charge in [0, 0.05) is 47.7 Å². The van der Waals surface area contributed by atoms with E-state index >= 15 is 0 Å². The zero-order chi connectivity index (χ0) is 25.3. The van der Waals surface area contributed by atoms with Crippen LogP contribution in [-0.2, 0) is 11.3 Å². The Morgan fingerprint density at radius 2 is 1.97 bits per heavy atom. The number of halogens is 1. The van der Waals surface area contributed by atoms with Gasteiger partial charge in [0.25, 0.3) is 11.8 Å². The molecular formula is C27H25ClN4O4. The zero-order valence-corrected chi connectivity index (χ0v) is 20.4. The van der Waals surface area contributed by atoms with E-state index < -0.39 is 11.8 Å². The van der Waals surface area contributed by atoms with Crippen LogP contribution in [-0.4, -0.2) is 35.0 Å². The van der Waals surface area contributed by atoms with Crippen molar-refractivity contribution in [3.8, 4) is 17.1 Å². The van der Waals surface area contributed by atoms with Crippen molar-refractivity contribution in [1.82, 2.24) is 20.2 Å². The summed E-state index contributed by atoms with van der Waals surface area (Å²) in [5.74, 6) is 0.762. The van der Waals surface area contributed by atoms with E-state index in [1.807, 2.05) is 22.9 Å². The van der Waals surface area contributed by atoms with Gasteiger partial charge in [0.05, 0.1) is 13.4 Å². The van der Waals surface area contributed by atoms with Crippen LogP contribution < -0.4 is 15.4 Å². The van der Waals surface area contributed by atoms with Crippen LogP contribution >= 0.6 is 11.6 Å². The molecule has 0 fully saturated rings. The molecule has 2 aromatic carbocycles. The minimum Gasteiger partial charge on any atom is -0.497 e. The van der Waals surface area contributed by atoms with Crippen molar-refractivity contribution in [3.05, 3.63) is 101 Å². The lowest BCUT2D eigenvalue weighted by Crippen LogP contribution is -2.35. The van der Waals surface area contributed by atoms with Gasteiger partial charge in [-0.25, -0.2) is 4.98 Å². The molecule has 2 heterocycles. The van der Waals surface area contributed by atoms with E-state index in [2.05, 4.69) is 15.6 Å². The number of benzene rings is 2. The molecule has 0 spiro atoms. The number of hydrogen-bond donors (Lipinski definition) is 2. The molecule has 4 aromatic rings. The van der Waals surface area contributed by atoms with E-state index in [4.69, 9.17) is 20.8 Å². The largest absolute Gasteiger partial charge is 0.497 e. The average molecular weight is 505 g/mol. The number of nitrogens with one attached hydrogen (secondary N) is 2. The van der Waals surface area contributed by atoms with E-state index in [0.717, 1.165) is 5.56 Å². The first kappa shape index (κ1) is 24.8. The number of methoxy groups -OCH3 is 1. The zero-order valence-electron chi connectivity index (χ0n) is 19.6. The van der Waals surface area contributed by atoms with E-state index in [-0.39, 0.29) is 5.70 Å². The molecule has 8 nitrogen and oxygen atoms in total. The van der Waals surface area contributed by atoms with Gasteiger partial charge in [-0.15, -0.1) is 0 Å². The Kier molecular flexibility index (Phi) is 8.20. The number of imidazole rings is 1. The third-order valence-electron chi connectivity index (χ3n) is 5.31. The van der Waals surface area contributed by atoms with Gasteiger partial charge in [-0.2, -0.15) is 0 Å². The van der Waals surface area contributed by atoms with E-state index in [1.165, 1.54) is 6.08 Å². The fourth-order valence-corrected chi connectivity index (χ4v) is 3.63. The molecule has 0 radical (unpaired) electrons. The minimum absolute atomic E-state index is 0.0606. The highest BCUT2D eigenvalue weighted by atomic mass is 35.5. The summed E-state index contributed by atoms with van der Waals surface area (Å²) in [5.41, 5.74) is 1.24. The molecule has 0 saturated carbocycles. The number of hydrogen-bond acceptors (Lipinski definition) is 5. The number of rotatable bonds is 10. The van der Waals surface area contributed by atoms with Crippen LogP contribution in [0.3, 0.4) is 0 Å². The quantitative estimate of drug-likeness (QED) is 0.239. The normalized spacial score (nSPS) is 11.2. The van der Waals surface area contributed by atoms with Crippen LogP contribution in [0.15, 0.2) is 89.5 Å². The lowest BCUT2D eigenvalue weighted by Gasteiger charge is -2.11. The predicted molar refractivity (Wildman–Crippen MR) is 137 cm³/mol. The summed E-state index contributed by atoms with van der Waals surface area (Å²) in [7, 11) is 1.55. The Balaban J connectivity index is 1.50. The smallest absolute Gasteiger partial charge is 0.267 e. The molecule has 0 unspecified atom stereocenters. The summed E-state index contributed by atoms with van der Waals surface area (Å²) in [5, 5.41) is 6.14. The second kappa shape index (κ2) is 11.9. The number of furan rings is 1. The van der Waals surface area contributed by atoms with Crippen molar-refractivity contribution >= 4 is 29.5 Å². The lowest BCUT2D eigenvalue weighted by atomic mass is 10.2. The maximum absolute atomic E-state index is 13.0. The van der Waals surface area contributed by atoms with Crippen LogP contribution in [0.1, 0.15) is 22.5 Å². The van der Waals surface area contributed by atoms with Crippen molar-refractivity contribution < 1.29 is 18.7 Å². The van der Waals surface area contributed by atoms with Gasteiger partial charge in [-0.05, 0) is 55.0 Å². The van der Waals surface area contributed by atoms with Crippen molar-refractivity contribution in [2.75, 3.05) is 13.7 Å². The molecule has 184 valence electrons. The second-order valence-corrected chi connectivity index (χ2v) is 8.30. The highest BCUT2D eigenvalue weighted by Crippen LogP contribution is 2.25. The van der Waals surface area contributed by atoms with Crippen molar-refractivity contribution in [2.45, 2.75) is 13.0 Å². The number of aryl methyl sites for hydroxylation is 1. The van der Waals surface area contributed by atoms with E-state index in [9.17, 15) is 9.59 Å². The summed E-state index contributed by atoms with van der Waals surface area (Å²) in [4.78, 5) is 29.9. The third kappa shape index (κ3) is 6.64. The van der Waals surface area contributed by atoms with Gasteiger partial charge in [0.1, 0.15) is 23.0 Å². The number of carbonyl (C=O) groups excluding carboxylic acids is 2. The van der Waals surface area contributed by atoms with Crippen LogP contribution in [0.5, 0.6) is 5.75 Å². The van der Waals surface area contributed by atoms with Gasteiger partial charge in [-0.1, -0.05) is 23.7 Å². The summed E-state index contributed by atoms with van der Waals surface area (Å²) in [6, 6.07) is 17.4. The van der Waals surface area contributed by atoms with Gasteiger partial charge >= 0.3 is 0 Å². The summed E-state index contributed by atoms with van der Waals surface area (Å²) in [6.07, 6.45) is 7.48. The molecule has 36 heavy (non-hydrogen) atoms. The minimum atomic E-state index is -0.431. The van der Waals surface area contributed by atoms with Gasteiger partial charge in [0.2, 0.25) is 0 Å². The van der Waals surface area contributed by atoms with Gasteiger partial charge in [-0.3, -0.25) is 9.59 Å².